The SMILES string of the molecule is CCCCCCCCCCC(C(N)=O)C(=O)c1ccccc1. The predicted molar refractivity (Wildman–Crippen MR) is 90.7 cm³/mol. The lowest BCUT2D eigenvalue weighted by Crippen LogP contribution is -2.30. The smallest absolute Gasteiger partial charge is 0.228 e. The van der Waals surface area contributed by atoms with E-state index in [9.17, 15) is 9.59 Å². The summed E-state index contributed by atoms with van der Waals surface area (Å²) in [4.78, 5) is 23.9. The second-order valence-corrected chi connectivity index (χ2v) is 5.95. The first-order valence-electron chi connectivity index (χ1n) is 8.55. The molecule has 2 N–H and O–H groups in total. The van der Waals surface area contributed by atoms with E-state index in [0.717, 1.165) is 12.8 Å². The van der Waals surface area contributed by atoms with Crippen molar-refractivity contribution in [2.75, 3.05) is 0 Å². The van der Waals surface area contributed by atoms with Gasteiger partial charge in [0.05, 0.1) is 0 Å². The van der Waals surface area contributed by atoms with Crippen molar-refractivity contribution in [3.63, 3.8) is 0 Å². The number of hydrogen-bond donors (Lipinski definition) is 1. The molecule has 0 aliphatic carbocycles. The molecule has 1 amide bonds. The summed E-state index contributed by atoms with van der Waals surface area (Å²) in [5.41, 5.74) is 5.99. The van der Waals surface area contributed by atoms with Crippen LogP contribution in [0, 0.1) is 5.92 Å². The van der Waals surface area contributed by atoms with Gasteiger partial charge in [-0.05, 0) is 6.42 Å². The van der Waals surface area contributed by atoms with E-state index in [1.54, 1.807) is 12.1 Å². The molecule has 0 aliphatic heterocycles. The highest BCUT2D eigenvalue weighted by Gasteiger charge is 2.24. The molecule has 3 heteroatoms. The van der Waals surface area contributed by atoms with Gasteiger partial charge < -0.3 is 5.73 Å². The third kappa shape index (κ3) is 6.88. The first-order valence-corrected chi connectivity index (χ1v) is 8.55. The highest BCUT2D eigenvalue weighted by molar-refractivity contribution is 6.09. The van der Waals surface area contributed by atoms with Crippen molar-refractivity contribution in [1.82, 2.24) is 0 Å². The van der Waals surface area contributed by atoms with Crippen LogP contribution in [0.15, 0.2) is 30.3 Å². The molecule has 1 atom stereocenters. The van der Waals surface area contributed by atoms with Crippen LogP contribution in [0.25, 0.3) is 0 Å². The topological polar surface area (TPSA) is 60.2 Å². The number of hydrogen-bond acceptors (Lipinski definition) is 2. The van der Waals surface area contributed by atoms with Gasteiger partial charge in [-0.3, -0.25) is 9.59 Å². The summed E-state index contributed by atoms with van der Waals surface area (Å²) in [6, 6.07) is 8.95. The van der Waals surface area contributed by atoms with Gasteiger partial charge in [0.25, 0.3) is 0 Å². The molecule has 0 saturated heterocycles. The van der Waals surface area contributed by atoms with Crippen molar-refractivity contribution in [2.24, 2.45) is 11.7 Å². The normalized spacial score (nSPS) is 12.0. The Morgan fingerprint density at radius 3 is 2.00 bits per heavy atom. The molecule has 0 spiro atoms. The molecule has 1 aromatic rings. The largest absolute Gasteiger partial charge is 0.369 e. The van der Waals surface area contributed by atoms with Crippen LogP contribution in [-0.4, -0.2) is 11.7 Å². The Balaban J connectivity index is 2.30. The number of nitrogens with two attached hydrogens (primary N) is 1. The van der Waals surface area contributed by atoms with Crippen molar-refractivity contribution in [3.8, 4) is 0 Å². The van der Waals surface area contributed by atoms with Gasteiger partial charge >= 0.3 is 0 Å². The molecular formula is C19H29NO2. The Bertz CT molecular complexity index is 442. The highest BCUT2D eigenvalue weighted by Crippen LogP contribution is 2.17. The van der Waals surface area contributed by atoms with Gasteiger partial charge in [-0.15, -0.1) is 0 Å². The first kappa shape index (κ1) is 18.4. The van der Waals surface area contributed by atoms with E-state index < -0.39 is 11.8 Å². The van der Waals surface area contributed by atoms with Gasteiger partial charge in [-0.2, -0.15) is 0 Å². The third-order valence-corrected chi connectivity index (χ3v) is 4.06. The number of rotatable bonds is 12. The van der Waals surface area contributed by atoms with E-state index in [2.05, 4.69) is 6.92 Å². The Labute approximate surface area is 134 Å². The second-order valence-electron chi connectivity index (χ2n) is 5.95. The fourth-order valence-electron chi connectivity index (χ4n) is 2.69. The van der Waals surface area contributed by atoms with Crippen molar-refractivity contribution >= 4 is 11.7 Å². The summed E-state index contributed by atoms with van der Waals surface area (Å²) >= 11 is 0. The van der Waals surface area contributed by atoms with Crippen molar-refractivity contribution < 1.29 is 9.59 Å². The molecule has 1 unspecified atom stereocenters. The maximum absolute atomic E-state index is 12.3. The Morgan fingerprint density at radius 1 is 0.909 bits per heavy atom. The molecule has 122 valence electrons. The average molecular weight is 303 g/mol. The molecule has 0 heterocycles. The lowest BCUT2D eigenvalue weighted by atomic mass is 9.91. The zero-order valence-electron chi connectivity index (χ0n) is 13.7. The zero-order valence-corrected chi connectivity index (χ0v) is 13.7. The monoisotopic (exact) mass is 303 g/mol. The number of ketones is 1. The maximum Gasteiger partial charge on any atom is 0.228 e. The number of carbonyl (C=O) groups is 2. The van der Waals surface area contributed by atoms with Crippen LogP contribution in [-0.2, 0) is 4.79 Å². The summed E-state index contributed by atoms with van der Waals surface area (Å²) < 4.78 is 0. The number of unbranched alkanes of at least 4 members (excludes halogenated alkanes) is 7. The van der Waals surface area contributed by atoms with E-state index in [1.165, 1.54) is 38.5 Å². The first-order chi connectivity index (χ1) is 10.7. The molecule has 22 heavy (non-hydrogen) atoms. The molecule has 3 nitrogen and oxygen atoms in total. The molecule has 1 aromatic carbocycles. The zero-order chi connectivity index (χ0) is 16.2. The number of carbonyl (C=O) groups excluding carboxylic acids is 2. The van der Waals surface area contributed by atoms with Crippen molar-refractivity contribution in [2.45, 2.75) is 64.7 Å². The Kier molecular flexibility index (Phi) is 9.20. The van der Waals surface area contributed by atoms with E-state index in [0.29, 0.717) is 12.0 Å². The lowest BCUT2D eigenvalue weighted by Gasteiger charge is -2.12. The van der Waals surface area contributed by atoms with Crippen LogP contribution in [0.3, 0.4) is 0 Å². The lowest BCUT2D eigenvalue weighted by molar-refractivity contribution is -0.120. The van der Waals surface area contributed by atoms with Crippen molar-refractivity contribution in [1.29, 1.82) is 0 Å². The summed E-state index contributed by atoms with van der Waals surface area (Å²) in [6.45, 7) is 2.22. The maximum atomic E-state index is 12.3. The number of primary amides is 1. The van der Waals surface area contributed by atoms with Crippen LogP contribution >= 0.6 is 0 Å². The number of benzene rings is 1. The van der Waals surface area contributed by atoms with Crippen LogP contribution < -0.4 is 5.73 Å². The van der Waals surface area contributed by atoms with E-state index in [4.69, 9.17) is 5.73 Å². The standard InChI is InChI=1S/C19H29NO2/c1-2-3-4-5-6-7-8-12-15-17(19(20)22)18(21)16-13-10-9-11-14-16/h9-11,13-14,17H,2-8,12,15H2,1H3,(H2,20,22). The Hall–Kier alpha value is -1.64. The summed E-state index contributed by atoms with van der Waals surface area (Å²) in [7, 11) is 0. The van der Waals surface area contributed by atoms with Gasteiger partial charge in [0.2, 0.25) is 5.91 Å². The number of amides is 1. The Morgan fingerprint density at radius 2 is 1.45 bits per heavy atom. The average Bonchev–Trinajstić information content (AvgIpc) is 2.53. The van der Waals surface area contributed by atoms with Crippen LogP contribution in [0.1, 0.15) is 75.1 Å². The minimum atomic E-state index is -0.678. The molecule has 0 bridgehead atoms. The number of Topliss-reactive ketones (excluding diaryl/α,β-unsaturated/α-hetero) is 1. The van der Waals surface area contributed by atoms with Crippen molar-refractivity contribution in [3.05, 3.63) is 35.9 Å². The van der Waals surface area contributed by atoms with Crippen LogP contribution in [0.5, 0.6) is 0 Å². The summed E-state index contributed by atoms with van der Waals surface area (Å²) in [5, 5.41) is 0. The van der Waals surface area contributed by atoms with Gasteiger partial charge in [0.1, 0.15) is 5.92 Å². The van der Waals surface area contributed by atoms with Gasteiger partial charge in [0.15, 0.2) is 5.78 Å². The molecule has 0 fully saturated rings. The van der Waals surface area contributed by atoms with Gasteiger partial charge in [-0.25, -0.2) is 0 Å². The van der Waals surface area contributed by atoms with Gasteiger partial charge in [0, 0.05) is 5.56 Å². The fraction of sp³-hybridized carbons (Fsp3) is 0.579. The van der Waals surface area contributed by atoms with Crippen LogP contribution in [0.4, 0.5) is 0 Å². The molecule has 0 aromatic heterocycles. The molecule has 0 radical (unpaired) electrons. The minimum absolute atomic E-state index is 0.143. The van der Waals surface area contributed by atoms with E-state index >= 15 is 0 Å². The third-order valence-electron chi connectivity index (χ3n) is 4.06. The molecular weight excluding hydrogens is 274 g/mol. The van der Waals surface area contributed by atoms with E-state index in [-0.39, 0.29) is 5.78 Å². The molecule has 1 rings (SSSR count). The predicted octanol–water partition coefficient (Wildman–Crippen LogP) is 4.50. The molecule has 0 saturated carbocycles. The van der Waals surface area contributed by atoms with Crippen LogP contribution in [0.2, 0.25) is 0 Å². The minimum Gasteiger partial charge on any atom is -0.369 e. The highest BCUT2D eigenvalue weighted by atomic mass is 16.2. The van der Waals surface area contributed by atoms with Gasteiger partial charge in [-0.1, -0.05) is 88.6 Å². The summed E-state index contributed by atoms with van der Waals surface area (Å²) in [6.07, 6.45) is 10.1. The second kappa shape index (κ2) is 11.0. The molecule has 0 aliphatic rings. The fourth-order valence-corrected chi connectivity index (χ4v) is 2.69. The quantitative estimate of drug-likeness (QED) is 0.351. The summed E-state index contributed by atoms with van der Waals surface area (Å²) in [5.74, 6) is -1.32. The van der Waals surface area contributed by atoms with E-state index in [1.807, 2.05) is 18.2 Å².